The third-order valence-electron chi connectivity index (χ3n) is 3.29. The van der Waals surface area contributed by atoms with Crippen molar-refractivity contribution in [3.05, 3.63) is 28.2 Å². The maximum atomic E-state index is 6.30. The second kappa shape index (κ2) is 5.47. The van der Waals surface area contributed by atoms with Crippen molar-refractivity contribution in [3.8, 4) is 0 Å². The van der Waals surface area contributed by atoms with Crippen LogP contribution in [-0.4, -0.2) is 25.7 Å². The SMILES string of the molecule is CC(C)C1CNCCN1c1cccc(Cl)c1Cl. The predicted octanol–water partition coefficient (Wildman–Crippen LogP) is 3.43. The lowest BCUT2D eigenvalue weighted by Gasteiger charge is -2.40. The van der Waals surface area contributed by atoms with Crippen LogP contribution in [0, 0.1) is 5.92 Å². The van der Waals surface area contributed by atoms with Gasteiger partial charge >= 0.3 is 0 Å². The lowest BCUT2D eigenvalue weighted by molar-refractivity contribution is 0.390. The van der Waals surface area contributed by atoms with Gasteiger partial charge in [0.15, 0.2) is 0 Å². The maximum Gasteiger partial charge on any atom is 0.0825 e. The van der Waals surface area contributed by atoms with Crippen molar-refractivity contribution in [1.29, 1.82) is 0 Å². The van der Waals surface area contributed by atoms with Gasteiger partial charge in [-0.25, -0.2) is 0 Å². The number of hydrogen-bond donors (Lipinski definition) is 1. The molecule has 1 unspecified atom stereocenters. The highest BCUT2D eigenvalue weighted by Gasteiger charge is 2.26. The van der Waals surface area contributed by atoms with Gasteiger partial charge in [0.1, 0.15) is 0 Å². The van der Waals surface area contributed by atoms with Crippen molar-refractivity contribution in [2.75, 3.05) is 24.5 Å². The van der Waals surface area contributed by atoms with Gasteiger partial charge < -0.3 is 10.2 Å². The van der Waals surface area contributed by atoms with Crippen LogP contribution >= 0.6 is 23.2 Å². The summed E-state index contributed by atoms with van der Waals surface area (Å²) in [7, 11) is 0. The minimum Gasteiger partial charge on any atom is -0.364 e. The van der Waals surface area contributed by atoms with Crippen molar-refractivity contribution in [3.63, 3.8) is 0 Å². The van der Waals surface area contributed by atoms with E-state index < -0.39 is 0 Å². The van der Waals surface area contributed by atoms with Crippen molar-refractivity contribution >= 4 is 28.9 Å². The zero-order chi connectivity index (χ0) is 12.4. The van der Waals surface area contributed by atoms with Crippen LogP contribution < -0.4 is 10.2 Å². The fraction of sp³-hybridized carbons (Fsp3) is 0.538. The molecular formula is C13H18Cl2N2. The first kappa shape index (κ1) is 13.0. The minimum absolute atomic E-state index is 0.472. The molecule has 0 radical (unpaired) electrons. The Kier molecular flexibility index (Phi) is 4.18. The molecule has 1 N–H and O–H groups in total. The van der Waals surface area contributed by atoms with E-state index in [0.717, 1.165) is 25.3 Å². The Labute approximate surface area is 113 Å². The minimum atomic E-state index is 0.472. The summed E-state index contributed by atoms with van der Waals surface area (Å²) >= 11 is 12.4. The van der Waals surface area contributed by atoms with Gasteiger partial charge in [0.05, 0.1) is 15.7 Å². The molecule has 0 aliphatic carbocycles. The normalized spacial score (nSPS) is 21.0. The molecule has 1 heterocycles. The van der Waals surface area contributed by atoms with E-state index in [0.29, 0.717) is 22.0 Å². The van der Waals surface area contributed by atoms with Crippen molar-refractivity contribution in [2.24, 2.45) is 5.92 Å². The summed E-state index contributed by atoms with van der Waals surface area (Å²) in [5.74, 6) is 0.581. The smallest absolute Gasteiger partial charge is 0.0825 e. The van der Waals surface area contributed by atoms with Crippen LogP contribution in [0.2, 0.25) is 10.0 Å². The molecule has 1 atom stereocenters. The van der Waals surface area contributed by atoms with Crippen LogP contribution in [-0.2, 0) is 0 Å². The van der Waals surface area contributed by atoms with Crippen LogP contribution in [0.3, 0.4) is 0 Å². The molecule has 2 rings (SSSR count). The fourth-order valence-electron chi connectivity index (χ4n) is 2.33. The first-order valence-corrected chi connectivity index (χ1v) is 6.78. The van der Waals surface area contributed by atoms with E-state index in [1.807, 2.05) is 12.1 Å². The second-order valence-corrected chi connectivity index (χ2v) is 5.57. The van der Waals surface area contributed by atoms with Gasteiger partial charge in [-0.05, 0) is 18.1 Å². The summed E-state index contributed by atoms with van der Waals surface area (Å²) in [6.07, 6.45) is 0. The van der Waals surface area contributed by atoms with E-state index in [4.69, 9.17) is 23.2 Å². The molecule has 1 aromatic rings. The monoisotopic (exact) mass is 272 g/mol. The molecule has 94 valence electrons. The zero-order valence-electron chi connectivity index (χ0n) is 10.2. The van der Waals surface area contributed by atoms with E-state index in [1.54, 1.807) is 0 Å². The van der Waals surface area contributed by atoms with E-state index in [-0.39, 0.29) is 0 Å². The lowest BCUT2D eigenvalue weighted by Crippen LogP contribution is -2.53. The van der Waals surface area contributed by atoms with Crippen LogP contribution in [0.25, 0.3) is 0 Å². The Morgan fingerprint density at radius 3 is 2.82 bits per heavy atom. The molecule has 0 aromatic heterocycles. The van der Waals surface area contributed by atoms with Crippen molar-refractivity contribution in [1.82, 2.24) is 5.32 Å². The van der Waals surface area contributed by atoms with E-state index in [2.05, 4.69) is 30.1 Å². The van der Waals surface area contributed by atoms with E-state index in [9.17, 15) is 0 Å². The maximum absolute atomic E-state index is 6.30. The Morgan fingerprint density at radius 2 is 2.12 bits per heavy atom. The molecule has 1 fully saturated rings. The standard InChI is InChI=1S/C13H18Cl2N2/c1-9(2)12-8-16-6-7-17(12)11-5-3-4-10(14)13(11)15/h3-5,9,12,16H,6-8H2,1-2H3. The molecule has 0 spiro atoms. The van der Waals surface area contributed by atoms with Gasteiger partial charge in [-0.3, -0.25) is 0 Å². The van der Waals surface area contributed by atoms with Crippen molar-refractivity contribution < 1.29 is 0 Å². The highest BCUT2D eigenvalue weighted by atomic mass is 35.5. The second-order valence-electron chi connectivity index (χ2n) is 4.78. The molecule has 1 aliphatic rings. The molecular weight excluding hydrogens is 255 g/mol. The molecule has 17 heavy (non-hydrogen) atoms. The molecule has 0 saturated carbocycles. The Bertz CT molecular complexity index is 393. The number of halogens is 2. The summed E-state index contributed by atoms with van der Waals surface area (Å²) in [5.41, 5.74) is 1.05. The van der Waals surface area contributed by atoms with Crippen LogP contribution in [0.5, 0.6) is 0 Å². The average molecular weight is 273 g/mol. The summed E-state index contributed by atoms with van der Waals surface area (Å²) in [6.45, 7) is 7.45. The number of nitrogens with zero attached hydrogens (tertiary/aromatic N) is 1. The Morgan fingerprint density at radius 1 is 1.35 bits per heavy atom. The zero-order valence-corrected chi connectivity index (χ0v) is 11.7. The first-order valence-electron chi connectivity index (χ1n) is 6.02. The van der Waals surface area contributed by atoms with Crippen molar-refractivity contribution in [2.45, 2.75) is 19.9 Å². The van der Waals surface area contributed by atoms with E-state index in [1.165, 1.54) is 0 Å². The number of anilines is 1. The first-order chi connectivity index (χ1) is 8.11. The predicted molar refractivity (Wildman–Crippen MR) is 75.3 cm³/mol. The Hall–Kier alpha value is -0.440. The molecule has 1 aliphatic heterocycles. The summed E-state index contributed by atoms with van der Waals surface area (Å²) in [6, 6.07) is 6.32. The van der Waals surface area contributed by atoms with Gasteiger partial charge in [-0.15, -0.1) is 0 Å². The quantitative estimate of drug-likeness (QED) is 0.888. The van der Waals surface area contributed by atoms with Gasteiger partial charge in [0.25, 0.3) is 0 Å². The van der Waals surface area contributed by atoms with Crippen LogP contribution in [0.4, 0.5) is 5.69 Å². The average Bonchev–Trinajstić information content (AvgIpc) is 2.33. The number of nitrogens with one attached hydrogen (secondary N) is 1. The van der Waals surface area contributed by atoms with Gasteiger partial charge in [0, 0.05) is 25.7 Å². The third kappa shape index (κ3) is 2.70. The number of benzene rings is 1. The van der Waals surface area contributed by atoms with E-state index >= 15 is 0 Å². The lowest BCUT2D eigenvalue weighted by atomic mass is 10.00. The fourth-order valence-corrected chi connectivity index (χ4v) is 2.74. The molecule has 2 nitrogen and oxygen atoms in total. The summed E-state index contributed by atoms with van der Waals surface area (Å²) < 4.78 is 0. The third-order valence-corrected chi connectivity index (χ3v) is 4.10. The molecule has 4 heteroatoms. The van der Waals surface area contributed by atoms with Crippen LogP contribution in [0.15, 0.2) is 18.2 Å². The largest absolute Gasteiger partial charge is 0.364 e. The summed E-state index contributed by atoms with van der Waals surface area (Å²) in [5, 5.41) is 4.73. The topological polar surface area (TPSA) is 15.3 Å². The number of rotatable bonds is 2. The van der Waals surface area contributed by atoms with Gasteiger partial charge in [-0.2, -0.15) is 0 Å². The highest BCUT2D eigenvalue weighted by molar-refractivity contribution is 6.43. The summed E-state index contributed by atoms with van der Waals surface area (Å²) in [4.78, 5) is 2.37. The number of hydrogen-bond acceptors (Lipinski definition) is 2. The number of piperazine rings is 1. The highest BCUT2D eigenvalue weighted by Crippen LogP contribution is 2.34. The van der Waals surface area contributed by atoms with Crippen LogP contribution in [0.1, 0.15) is 13.8 Å². The molecule has 1 aromatic carbocycles. The Balaban J connectivity index is 2.33. The van der Waals surface area contributed by atoms with Gasteiger partial charge in [-0.1, -0.05) is 43.1 Å². The van der Waals surface area contributed by atoms with Gasteiger partial charge in [0.2, 0.25) is 0 Å². The molecule has 0 amide bonds. The molecule has 1 saturated heterocycles. The molecule has 0 bridgehead atoms.